The second-order valence-corrected chi connectivity index (χ2v) is 8.01. The number of anilines is 2. The van der Waals surface area contributed by atoms with E-state index in [4.69, 9.17) is 4.74 Å². The lowest BCUT2D eigenvalue weighted by molar-refractivity contribution is 0.102. The van der Waals surface area contributed by atoms with Gasteiger partial charge in [-0.05, 0) is 49.7 Å². The molecule has 1 fully saturated rings. The highest BCUT2D eigenvalue weighted by molar-refractivity contribution is 6.05. The van der Waals surface area contributed by atoms with Crippen LogP contribution in [-0.2, 0) is 6.54 Å². The normalized spacial score (nSPS) is 13.7. The second-order valence-electron chi connectivity index (χ2n) is 8.01. The Morgan fingerprint density at radius 2 is 1.88 bits per heavy atom. The Morgan fingerprint density at radius 1 is 1.06 bits per heavy atom. The highest BCUT2D eigenvalue weighted by Gasteiger charge is 2.29. The quantitative estimate of drug-likeness (QED) is 0.563. The third-order valence-electron chi connectivity index (χ3n) is 5.64. The van der Waals surface area contributed by atoms with Crippen LogP contribution in [0.25, 0.3) is 0 Å². The first kappa shape index (κ1) is 22.3. The molecule has 3 aromatic rings. The average molecular weight is 448 g/mol. The lowest BCUT2D eigenvalue weighted by Crippen LogP contribution is -2.49. The molecule has 0 radical (unpaired) electrons. The SMILES string of the molecule is COc1ccc(NC(=O)c2cccc(C)c2)cc1N1CCCN(Cc2ccccc2F)C1=O. The number of urea groups is 1. The monoisotopic (exact) mass is 447 g/mol. The third-order valence-corrected chi connectivity index (χ3v) is 5.64. The lowest BCUT2D eigenvalue weighted by Gasteiger charge is -2.36. The Hall–Kier alpha value is -3.87. The van der Waals surface area contributed by atoms with Crippen molar-refractivity contribution in [2.75, 3.05) is 30.4 Å². The van der Waals surface area contributed by atoms with Crippen molar-refractivity contribution in [1.82, 2.24) is 4.90 Å². The minimum Gasteiger partial charge on any atom is -0.495 e. The number of carbonyl (C=O) groups excluding carboxylic acids is 2. The van der Waals surface area contributed by atoms with E-state index in [2.05, 4.69) is 5.32 Å². The van der Waals surface area contributed by atoms with Crippen LogP contribution in [0.2, 0.25) is 0 Å². The molecule has 1 heterocycles. The summed E-state index contributed by atoms with van der Waals surface area (Å²) in [5, 5.41) is 2.89. The molecule has 0 spiro atoms. The van der Waals surface area contributed by atoms with Gasteiger partial charge in [-0.3, -0.25) is 9.69 Å². The van der Waals surface area contributed by atoms with Crippen LogP contribution < -0.4 is 15.0 Å². The van der Waals surface area contributed by atoms with Crippen LogP contribution in [0.15, 0.2) is 66.7 Å². The molecule has 7 heteroatoms. The molecule has 0 aromatic heterocycles. The lowest BCUT2D eigenvalue weighted by atomic mass is 10.1. The number of nitrogens with one attached hydrogen (secondary N) is 1. The molecule has 0 bridgehead atoms. The number of hydrogen-bond acceptors (Lipinski definition) is 3. The van der Waals surface area contributed by atoms with Gasteiger partial charge in [0.15, 0.2) is 0 Å². The van der Waals surface area contributed by atoms with Crippen molar-refractivity contribution in [3.63, 3.8) is 0 Å². The third kappa shape index (κ3) is 4.98. The summed E-state index contributed by atoms with van der Waals surface area (Å²) in [5.41, 5.74) is 3.13. The minimum atomic E-state index is -0.333. The second kappa shape index (κ2) is 9.73. The van der Waals surface area contributed by atoms with Crippen molar-refractivity contribution in [3.8, 4) is 5.75 Å². The number of aryl methyl sites for hydroxylation is 1. The van der Waals surface area contributed by atoms with Gasteiger partial charge in [0.1, 0.15) is 11.6 Å². The fourth-order valence-corrected chi connectivity index (χ4v) is 3.95. The highest BCUT2D eigenvalue weighted by atomic mass is 19.1. The summed E-state index contributed by atoms with van der Waals surface area (Å²) in [7, 11) is 1.54. The summed E-state index contributed by atoms with van der Waals surface area (Å²) in [6, 6.07) is 18.8. The summed E-state index contributed by atoms with van der Waals surface area (Å²) < 4.78 is 19.6. The van der Waals surface area contributed by atoms with Crippen molar-refractivity contribution in [3.05, 3.63) is 89.2 Å². The smallest absolute Gasteiger partial charge is 0.324 e. The fraction of sp³-hybridized carbons (Fsp3) is 0.231. The molecule has 1 N–H and O–H groups in total. The molecule has 1 saturated heterocycles. The summed E-state index contributed by atoms with van der Waals surface area (Å²) in [5.74, 6) is -0.0496. The number of amides is 3. The van der Waals surface area contributed by atoms with Gasteiger partial charge in [-0.1, -0.05) is 35.9 Å². The Morgan fingerprint density at radius 3 is 2.64 bits per heavy atom. The van der Waals surface area contributed by atoms with Crippen molar-refractivity contribution in [1.29, 1.82) is 0 Å². The maximum absolute atomic E-state index is 14.1. The van der Waals surface area contributed by atoms with Crippen LogP contribution in [0.1, 0.15) is 27.9 Å². The molecule has 0 atom stereocenters. The zero-order valence-electron chi connectivity index (χ0n) is 18.7. The number of carbonyl (C=O) groups is 2. The van der Waals surface area contributed by atoms with Gasteiger partial charge in [-0.25, -0.2) is 9.18 Å². The molecular formula is C26H26FN3O3. The van der Waals surface area contributed by atoms with Crippen LogP contribution in [0.5, 0.6) is 5.75 Å². The van der Waals surface area contributed by atoms with Crippen LogP contribution >= 0.6 is 0 Å². The average Bonchev–Trinajstić information content (AvgIpc) is 2.82. The Kier molecular flexibility index (Phi) is 6.58. The van der Waals surface area contributed by atoms with Gasteiger partial charge in [-0.2, -0.15) is 0 Å². The van der Waals surface area contributed by atoms with E-state index in [-0.39, 0.29) is 24.3 Å². The van der Waals surface area contributed by atoms with Gasteiger partial charge in [0.25, 0.3) is 5.91 Å². The van der Waals surface area contributed by atoms with Gasteiger partial charge in [0, 0.05) is 29.9 Å². The summed E-state index contributed by atoms with van der Waals surface area (Å²) >= 11 is 0. The van der Waals surface area contributed by atoms with Gasteiger partial charge in [0.05, 0.1) is 19.3 Å². The van der Waals surface area contributed by atoms with Gasteiger partial charge in [-0.15, -0.1) is 0 Å². The Bertz CT molecular complexity index is 1180. The summed E-state index contributed by atoms with van der Waals surface area (Å²) in [6.07, 6.45) is 0.725. The van der Waals surface area contributed by atoms with Crippen LogP contribution in [0.4, 0.5) is 20.6 Å². The minimum absolute atomic E-state index is 0.189. The number of ether oxygens (including phenoxy) is 1. The summed E-state index contributed by atoms with van der Waals surface area (Å²) in [4.78, 5) is 29.2. The van der Waals surface area contributed by atoms with E-state index in [0.717, 1.165) is 12.0 Å². The van der Waals surface area contributed by atoms with Crippen LogP contribution in [0.3, 0.4) is 0 Å². The van der Waals surface area contributed by atoms with Gasteiger partial charge in [0.2, 0.25) is 0 Å². The maximum atomic E-state index is 14.1. The van der Waals surface area contributed by atoms with Gasteiger partial charge < -0.3 is 15.0 Å². The van der Waals surface area contributed by atoms with Crippen LogP contribution in [-0.4, -0.2) is 37.0 Å². The predicted molar refractivity (Wildman–Crippen MR) is 126 cm³/mol. The maximum Gasteiger partial charge on any atom is 0.324 e. The zero-order valence-corrected chi connectivity index (χ0v) is 18.7. The molecule has 170 valence electrons. The molecular weight excluding hydrogens is 421 g/mol. The number of benzene rings is 3. The number of rotatable bonds is 6. The van der Waals surface area contributed by atoms with Crippen LogP contribution in [0, 0.1) is 12.7 Å². The zero-order chi connectivity index (χ0) is 23.4. The molecule has 4 rings (SSSR count). The molecule has 3 aromatic carbocycles. The topological polar surface area (TPSA) is 61.9 Å². The Labute approximate surface area is 192 Å². The molecule has 1 aliphatic rings. The fourth-order valence-electron chi connectivity index (χ4n) is 3.95. The van der Waals surface area contributed by atoms with E-state index in [0.29, 0.717) is 41.3 Å². The molecule has 0 unspecified atom stereocenters. The first-order valence-corrected chi connectivity index (χ1v) is 10.8. The predicted octanol–water partition coefficient (Wildman–Crippen LogP) is 5.23. The van der Waals surface area contributed by atoms with Crippen molar-refractivity contribution < 1.29 is 18.7 Å². The first-order chi connectivity index (χ1) is 16.0. The molecule has 33 heavy (non-hydrogen) atoms. The number of halogens is 1. The summed E-state index contributed by atoms with van der Waals surface area (Å²) in [6.45, 7) is 3.15. The number of hydrogen-bond donors (Lipinski definition) is 1. The van der Waals surface area contributed by atoms with E-state index in [1.807, 2.05) is 25.1 Å². The molecule has 1 aliphatic heterocycles. The Balaban J connectivity index is 1.57. The molecule has 0 saturated carbocycles. The molecule has 0 aliphatic carbocycles. The van der Waals surface area contributed by atoms with Crippen molar-refractivity contribution in [2.45, 2.75) is 19.9 Å². The number of nitrogens with zero attached hydrogens (tertiary/aromatic N) is 2. The van der Waals surface area contributed by atoms with Crippen molar-refractivity contribution in [2.24, 2.45) is 0 Å². The van der Waals surface area contributed by atoms with Gasteiger partial charge >= 0.3 is 6.03 Å². The standard InChI is InChI=1S/C26H26FN3O3/c1-18-7-5-9-19(15-18)25(31)28-21-11-12-24(33-2)23(16-21)30-14-6-13-29(26(30)32)17-20-8-3-4-10-22(20)27/h3-5,7-12,15-16H,6,13-14,17H2,1-2H3,(H,28,31). The number of methoxy groups -OCH3 is 1. The molecule has 6 nitrogen and oxygen atoms in total. The van der Waals surface area contributed by atoms with E-state index < -0.39 is 0 Å². The van der Waals surface area contributed by atoms with Crippen molar-refractivity contribution >= 4 is 23.3 Å². The molecule has 3 amide bonds. The van der Waals surface area contributed by atoms with E-state index in [1.165, 1.54) is 13.2 Å². The van der Waals surface area contributed by atoms with E-state index in [1.54, 1.807) is 52.3 Å². The first-order valence-electron chi connectivity index (χ1n) is 10.8. The highest BCUT2D eigenvalue weighted by Crippen LogP contribution is 2.34. The van der Waals surface area contributed by atoms with E-state index in [9.17, 15) is 14.0 Å². The van der Waals surface area contributed by atoms with E-state index >= 15 is 0 Å². The largest absolute Gasteiger partial charge is 0.495 e.